The SMILES string of the molecule is Nc1nc(CC(=O)Nc2ccc3nccnc3c2)cs1. The normalized spacial score (nSPS) is 10.6. The van der Waals surface area contributed by atoms with E-state index in [9.17, 15) is 4.79 Å². The molecule has 20 heavy (non-hydrogen) atoms. The maximum Gasteiger partial charge on any atom is 0.230 e. The summed E-state index contributed by atoms with van der Waals surface area (Å²) in [6.45, 7) is 0. The molecule has 0 bridgehead atoms. The highest BCUT2D eigenvalue weighted by Crippen LogP contribution is 2.16. The second-order valence-electron chi connectivity index (χ2n) is 4.16. The molecule has 2 heterocycles. The number of nitrogens with zero attached hydrogens (tertiary/aromatic N) is 3. The van der Waals surface area contributed by atoms with Crippen LogP contribution in [-0.4, -0.2) is 20.9 Å². The van der Waals surface area contributed by atoms with Crippen molar-refractivity contribution in [2.24, 2.45) is 0 Å². The number of aromatic nitrogens is 3. The number of nitrogens with two attached hydrogens (primary N) is 1. The summed E-state index contributed by atoms with van der Waals surface area (Å²) in [6.07, 6.45) is 3.45. The summed E-state index contributed by atoms with van der Waals surface area (Å²) in [4.78, 5) is 24.3. The fourth-order valence-corrected chi connectivity index (χ4v) is 2.38. The van der Waals surface area contributed by atoms with E-state index in [1.54, 1.807) is 29.9 Å². The number of benzene rings is 1. The van der Waals surface area contributed by atoms with Crippen molar-refractivity contribution in [3.8, 4) is 0 Å². The lowest BCUT2D eigenvalue weighted by Crippen LogP contribution is -2.14. The van der Waals surface area contributed by atoms with E-state index in [1.807, 2.05) is 6.07 Å². The highest BCUT2D eigenvalue weighted by molar-refractivity contribution is 7.13. The predicted octanol–water partition coefficient (Wildman–Crippen LogP) is 1.85. The van der Waals surface area contributed by atoms with Gasteiger partial charge in [0.1, 0.15) is 0 Å². The van der Waals surface area contributed by atoms with Crippen molar-refractivity contribution in [1.29, 1.82) is 0 Å². The van der Waals surface area contributed by atoms with Crippen LogP contribution in [0.1, 0.15) is 5.69 Å². The Kier molecular flexibility index (Phi) is 3.26. The summed E-state index contributed by atoms with van der Waals surface area (Å²) in [6, 6.07) is 5.40. The quantitative estimate of drug-likeness (QED) is 0.766. The van der Waals surface area contributed by atoms with Crippen molar-refractivity contribution >= 4 is 39.1 Å². The highest BCUT2D eigenvalue weighted by atomic mass is 32.1. The summed E-state index contributed by atoms with van der Waals surface area (Å²) >= 11 is 1.32. The molecule has 0 aliphatic carbocycles. The fourth-order valence-electron chi connectivity index (χ4n) is 1.81. The van der Waals surface area contributed by atoms with E-state index in [2.05, 4.69) is 20.3 Å². The van der Waals surface area contributed by atoms with Crippen LogP contribution in [0.25, 0.3) is 11.0 Å². The minimum atomic E-state index is -0.140. The standard InChI is InChI=1S/C13H11N5OS/c14-13-18-9(7-20-13)6-12(19)17-8-1-2-10-11(5-8)16-4-3-15-10/h1-5,7H,6H2,(H2,14,18)(H,17,19). The molecule has 7 heteroatoms. The number of anilines is 2. The van der Waals surface area contributed by atoms with Crippen LogP contribution in [0, 0.1) is 0 Å². The van der Waals surface area contributed by atoms with Gasteiger partial charge in [-0.3, -0.25) is 14.8 Å². The van der Waals surface area contributed by atoms with E-state index < -0.39 is 0 Å². The number of hydrogen-bond donors (Lipinski definition) is 2. The molecule has 0 saturated carbocycles. The first-order chi connectivity index (χ1) is 9.70. The van der Waals surface area contributed by atoms with Gasteiger partial charge in [-0.15, -0.1) is 11.3 Å². The van der Waals surface area contributed by atoms with Gasteiger partial charge in [0.15, 0.2) is 5.13 Å². The lowest BCUT2D eigenvalue weighted by atomic mass is 10.2. The van der Waals surface area contributed by atoms with Gasteiger partial charge in [-0.1, -0.05) is 0 Å². The molecule has 3 aromatic rings. The van der Waals surface area contributed by atoms with Crippen molar-refractivity contribution in [3.05, 3.63) is 41.7 Å². The zero-order valence-corrected chi connectivity index (χ0v) is 11.2. The summed E-state index contributed by atoms with van der Waals surface area (Å²) in [5.74, 6) is -0.140. The van der Waals surface area contributed by atoms with E-state index in [1.165, 1.54) is 11.3 Å². The second kappa shape index (κ2) is 5.22. The van der Waals surface area contributed by atoms with Gasteiger partial charge in [0, 0.05) is 23.5 Å². The molecule has 3 N–H and O–H groups in total. The largest absolute Gasteiger partial charge is 0.375 e. The first-order valence-corrected chi connectivity index (χ1v) is 6.79. The highest BCUT2D eigenvalue weighted by Gasteiger charge is 2.07. The Morgan fingerprint density at radius 2 is 2.05 bits per heavy atom. The number of hydrogen-bond acceptors (Lipinski definition) is 6. The number of carbonyl (C=O) groups is 1. The van der Waals surface area contributed by atoms with E-state index in [0.29, 0.717) is 16.5 Å². The minimum absolute atomic E-state index is 0.140. The Morgan fingerprint density at radius 3 is 2.80 bits per heavy atom. The van der Waals surface area contributed by atoms with Crippen molar-refractivity contribution in [1.82, 2.24) is 15.0 Å². The van der Waals surface area contributed by atoms with Crippen LogP contribution >= 0.6 is 11.3 Å². The number of nitrogen functional groups attached to an aromatic ring is 1. The Hall–Kier alpha value is -2.54. The first kappa shape index (κ1) is 12.5. The molecular weight excluding hydrogens is 274 g/mol. The molecule has 0 radical (unpaired) electrons. The molecule has 0 fully saturated rings. The summed E-state index contributed by atoms with van der Waals surface area (Å²) < 4.78 is 0. The maximum atomic E-state index is 11.9. The number of amides is 1. The molecule has 100 valence electrons. The molecule has 0 aliphatic heterocycles. The average molecular weight is 285 g/mol. The molecular formula is C13H11N5OS. The Labute approximate surface area is 118 Å². The molecule has 1 aromatic carbocycles. The van der Waals surface area contributed by atoms with Crippen LogP contribution in [0.15, 0.2) is 36.0 Å². The number of nitrogens with one attached hydrogen (secondary N) is 1. The average Bonchev–Trinajstić information content (AvgIpc) is 2.83. The van der Waals surface area contributed by atoms with E-state index in [0.717, 1.165) is 11.0 Å². The molecule has 1 amide bonds. The Bertz CT molecular complexity index is 770. The Morgan fingerprint density at radius 1 is 1.25 bits per heavy atom. The molecule has 3 rings (SSSR count). The third-order valence-electron chi connectivity index (χ3n) is 2.66. The number of fused-ring (bicyclic) bond motifs is 1. The second-order valence-corrected chi connectivity index (χ2v) is 5.05. The number of thiazole rings is 1. The molecule has 0 saturated heterocycles. The third kappa shape index (κ3) is 2.72. The number of carbonyl (C=O) groups excluding carboxylic acids is 1. The van der Waals surface area contributed by atoms with E-state index in [-0.39, 0.29) is 12.3 Å². The summed E-state index contributed by atoms with van der Waals surface area (Å²) in [5, 5.41) is 5.05. The summed E-state index contributed by atoms with van der Waals surface area (Å²) in [5.41, 5.74) is 8.42. The van der Waals surface area contributed by atoms with E-state index in [4.69, 9.17) is 5.73 Å². The topological polar surface area (TPSA) is 93.8 Å². The third-order valence-corrected chi connectivity index (χ3v) is 3.39. The van der Waals surface area contributed by atoms with Gasteiger partial charge in [0.25, 0.3) is 0 Å². The van der Waals surface area contributed by atoms with Crippen molar-refractivity contribution in [2.45, 2.75) is 6.42 Å². The first-order valence-electron chi connectivity index (χ1n) is 5.91. The van der Waals surface area contributed by atoms with Gasteiger partial charge in [-0.2, -0.15) is 0 Å². The van der Waals surface area contributed by atoms with Gasteiger partial charge in [-0.05, 0) is 18.2 Å². The molecule has 6 nitrogen and oxygen atoms in total. The van der Waals surface area contributed by atoms with Crippen molar-refractivity contribution in [3.63, 3.8) is 0 Å². The molecule has 0 atom stereocenters. The molecule has 0 spiro atoms. The van der Waals surface area contributed by atoms with Gasteiger partial charge in [0.05, 0.1) is 23.1 Å². The zero-order chi connectivity index (χ0) is 13.9. The lowest BCUT2D eigenvalue weighted by molar-refractivity contribution is -0.115. The van der Waals surface area contributed by atoms with Crippen LogP contribution < -0.4 is 11.1 Å². The van der Waals surface area contributed by atoms with Crippen LogP contribution in [-0.2, 0) is 11.2 Å². The van der Waals surface area contributed by atoms with Crippen LogP contribution in [0.5, 0.6) is 0 Å². The lowest BCUT2D eigenvalue weighted by Gasteiger charge is -2.04. The zero-order valence-electron chi connectivity index (χ0n) is 10.4. The smallest absolute Gasteiger partial charge is 0.230 e. The van der Waals surface area contributed by atoms with Gasteiger partial charge >= 0.3 is 0 Å². The summed E-state index contributed by atoms with van der Waals surface area (Å²) in [7, 11) is 0. The minimum Gasteiger partial charge on any atom is -0.375 e. The molecule has 2 aromatic heterocycles. The van der Waals surface area contributed by atoms with Crippen LogP contribution in [0.3, 0.4) is 0 Å². The fraction of sp³-hybridized carbons (Fsp3) is 0.0769. The van der Waals surface area contributed by atoms with Gasteiger partial charge in [-0.25, -0.2) is 4.98 Å². The monoisotopic (exact) mass is 285 g/mol. The van der Waals surface area contributed by atoms with Crippen molar-refractivity contribution in [2.75, 3.05) is 11.1 Å². The van der Waals surface area contributed by atoms with Gasteiger partial charge in [0.2, 0.25) is 5.91 Å². The Balaban J connectivity index is 1.73. The van der Waals surface area contributed by atoms with Gasteiger partial charge < -0.3 is 11.1 Å². The van der Waals surface area contributed by atoms with Crippen LogP contribution in [0.4, 0.5) is 10.8 Å². The maximum absolute atomic E-state index is 11.9. The molecule has 0 aliphatic rings. The molecule has 0 unspecified atom stereocenters. The van der Waals surface area contributed by atoms with Crippen molar-refractivity contribution < 1.29 is 4.79 Å². The predicted molar refractivity (Wildman–Crippen MR) is 78.4 cm³/mol. The van der Waals surface area contributed by atoms with Crippen LogP contribution in [0.2, 0.25) is 0 Å². The number of rotatable bonds is 3. The van der Waals surface area contributed by atoms with E-state index >= 15 is 0 Å².